The summed E-state index contributed by atoms with van der Waals surface area (Å²) >= 11 is 0.879. The van der Waals surface area contributed by atoms with Crippen molar-refractivity contribution >= 4 is 45.2 Å². The van der Waals surface area contributed by atoms with E-state index in [1.165, 1.54) is 6.07 Å². The van der Waals surface area contributed by atoms with Gasteiger partial charge in [0.05, 0.1) is 18.8 Å². The number of amides is 1. The Balaban J connectivity index is 2.04. The Morgan fingerprint density at radius 2 is 1.85 bits per heavy atom. The maximum absolute atomic E-state index is 13.0. The number of hydrogen-bond donors (Lipinski definition) is 1. The quantitative estimate of drug-likeness (QED) is 0.294. The van der Waals surface area contributed by atoms with Gasteiger partial charge in [-0.1, -0.05) is 24.3 Å². The lowest BCUT2D eigenvalue weighted by Gasteiger charge is -2.08. The van der Waals surface area contributed by atoms with E-state index in [2.05, 4.69) is 11.9 Å². The molecule has 33 heavy (non-hydrogen) atoms. The average Bonchev–Trinajstić information content (AvgIpc) is 3.10. The molecule has 172 valence electrons. The zero-order chi connectivity index (χ0) is 24.1. The number of allylic oxidation sites excluding steroid dienone is 1. The predicted octanol–water partition coefficient (Wildman–Crippen LogP) is 4.50. The highest BCUT2D eigenvalue weighted by Gasteiger charge is 2.28. The van der Waals surface area contributed by atoms with Gasteiger partial charge in [0.2, 0.25) is 0 Å². The Bertz CT molecular complexity index is 1300. The van der Waals surface area contributed by atoms with Crippen molar-refractivity contribution in [1.29, 1.82) is 0 Å². The summed E-state index contributed by atoms with van der Waals surface area (Å²) in [6, 6.07) is 6.75. The van der Waals surface area contributed by atoms with Crippen LogP contribution in [-0.4, -0.2) is 31.1 Å². The van der Waals surface area contributed by atoms with Crippen molar-refractivity contribution < 1.29 is 28.3 Å². The molecule has 2 aromatic heterocycles. The van der Waals surface area contributed by atoms with Gasteiger partial charge in [0.25, 0.3) is 5.91 Å². The van der Waals surface area contributed by atoms with Crippen LogP contribution in [0.5, 0.6) is 0 Å². The molecule has 0 spiro atoms. The van der Waals surface area contributed by atoms with Crippen LogP contribution in [0, 0.1) is 6.92 Å². The monoisotopic (exact) mass is 469 g/mol. The van der Waals surface area contributed by atoms with Crippen molar-refractivity contribution in [3.05, 3.63) is 74.5 Å². The van der Waals surface area contributed by atoms with Crippen molar-refractivity contribution in [1.82, 2.24) is 0 Å². The van der Waals surface area contributed by atoms with Gasteiger partial charge in [0.15, 0.2) is 0 Å². The summed E-state index contributed by atoms with van der Waals surface area (Å²) in [5.41, 5.74) is 0.445. The minimum absolute atomic E-state index is 0.0386. The molecule has 3 rings (SSSR count). The molecular weight excluding hydrogens is 446 g/mol. The fraction of sp³-hybridized carbons (Fsp3) is 0.250. The maximum atomic E-state index is 13.0. The van der Waals surface area contributed by atoms with Gasteiger partial charge in [-0.3, -0.25) is 4.79 Å². The molecular formula is C24H23NO7S. The van der Waals surface area contributed by atoms with Gasteiger partial charge >= 0.3 is 17.6 Å². The second-order valence-corrected chi connectivity index (χ2v) is 7.95. The number of esters is 2. The van der Waals surface area contributed by atoms with E-state index in [0.717, 1.165) is 16.9 Å². The number of nitrogens with one attached hydrogen (secondary N) is 1. The van der Waals surface area contributed by atoms with E-state index < -0.39 is 23.5 Å². The summed E-state index contributed by atoms with van der Waals surface area (Å²) in [6.45, 7) is 8.82. The molecule has 0 bridgehead atoms. The van der Waals surface area contributed by atoms with Crippen molar-refractivity contribution in [2.45, 2.75) is 27.2 Å². The summed E-state index contributed by atoms with van der Waals surface area (Å²) in [5.74, 6) is -2.09. The number of para-hydroxylation sites is 1. The van der Waals surface area contributed by atoms with Gasteiger partial charge in [0.1, 0.15) is 21.0 Å². The fourth-order valence-corrected chi connectivity index (χ4v) is 4.38. The molecule has 1 amide bonds. The number of carbonyl (C=O) groups is 3. The van der Waals surface area contributed by atoms with Gasteiger partial charge in [-0.25, -0.2) is 14.4 Å². The van der Waals surface area contributed by atoms with Gasteiger partial charge in [-0.2, -0.15) is 0 Å². The molecule has 0 radical (unpaired) electrons. The summed E-state index contributed by atoms with van der Waals surface area (Å²) < 4.78 is 15.5. The zero-order valence-corrected chi connectivity index (χ0v) is 19.3. The van der Waals surface area contributed by atoms with E-state index >= 15 is 0 Å². The minimum atomic E-state index is -0.826. The van der Waals surface area contributed by atoms with Crippen molar-refractivity contribution in [2.75, 3.05) is 18.5 Å². The number of fused-ring (bicyclic) bond motifs is 1. The molecule has 9 heteroatoms. The first-order chi connectivity index (χ1) is 15.8. The predicted molar refractivity (Wildman–Crippen MR) is 125 cm³/mol. The molecule has 0 saturated carbocycles. The number of ether oxygens (including phenoxy) is 2. The molecule has 0 aliphatic heterocycles. The third-order valence-corrected chi connectivity index (χ3v) is 5.95. The number of thiophene rings is 1. The number of anilines is 1. The van der Waals surface area contributed by atoms with E-state index in [1.807, 2.05) is 6.07 Å². The number of benzene rings is 1. The van der Waals surface area contributed by atoms with Crippen LogP contribution in [0.4, 0.5) is 5.00 Å². The normalized spacial score (nSPS) is 10.6. The molecule has 8 nitrogen and oxygen atoms in total. The van der Waals surface area contributed by atoms with Crippen LogP contribution in [0.2, 0.25) is 0 Å². The first kappa shape index (κ1) is 23.9. The van der Waals surface area contributed by atoms with Crippen LogP contribution >= 0.6 is 11.3 Å². The summed E-state index contributed by atoms with van der Waals surface area (Å²) in [5, 5.41) is 3.22. The Hall–Kier alpha value is -3.72. The number of carbonyl (C=O) groups excluding carboxylic acids is 3. The minimum Gasteiger partial charge on any atom is -0.462 e. The van der Waals surface area contributed by atoms with E-state index in [9.17, 15) is 19.2 Å². The van der Waals surface area contributed by atoms with E-state index in [0.29, 0.717) is 23.0 Å². The fourth-order valence-electron chi connectivity index (χ4n) is 3.29. The standard InChI is InChI=1S/C24H23NO7S/c1-5-9-14-10-8-11-15-12-16(22(27)32-18(14)15)20(26)25-21-17(23(28)30-6-2)13(4)19(33-21)24(29)31-7-3/h5,8,10-12H,1,6-7,9H2,2-4H3,(H,25,26). The van der Waals surface area contributed by atoms with Gasteiger partial charge in [0, 0.05) is 5.39 Å². The highest BCUT2D eigenvalue weighted by molar-refractivity contribution is 7.18. The molecule has 0 aliphatic rings. The van der Waals surface area contributed by atoms with E-state index in [1.54, 1.807) is 39.0 Å². The summed E-state index contributed by atoms with van der Waals surface area (Å²) in [6.07, 6.45) is 2.19. The third kappa shape index (κ3) is 4.88. The van der Waals surface area contributed by atoms with Crippen LogP contribution in [0.15, 0.2) is 46.1 Å². The van der Waals surface area contributed by atoms with Crippen LogP contribution in [0.25, 0.3) is 11.0 Å². The number of rotatable bonds is 8. The lowest BCUT2D eigenvalue weighted by atomic mass is 10.1. The highest BCUT2D eigenvalue weighted by Crippen LogP contribution is 2.34. The largest absolute Gasteiger partial charge is 0.462 e. The van der Waals surface area contributed by atoms with Crippen LogP contribution in [0.1, 0.15) is 55.4 Å². The maximum Gasteiger partial charge on any atom is 0.349 e. The first-order valence-corrected chi connectivity index (χ1v) is 11.1. The average molecular weight is 470 g/mol. The molecule has 1 aromatic carbocycles. The van der Waals surface area contributed by atoms with Gasteiger partial charge in [-0.05, 0) is 44.4 Å². The molecule has 0 saturated heterocycles. The highest BCUT2D eigenvalue weighted by atomic mass is 32.1. The molecule has 0 unspecified atom stereocenters. The third-order valence-electron chi connectivity index (χ3n) is 4.76. The van der Waals surface area contributed by atoms with Gasteiger partial charge in [-0.15, -0.1) is 17.9 Å². The van der Waals surface area contributed by atoms with Crippen LogP contribution < -0.4 is 10.9 Å². The van der Waals surface area contributed by atoms with Crippen molar-refractivity contribution in [3.8, 4) is 0 Å². The Kier molecular flexibility index (Phi) is 7.44. The molecule has 0 fully saturated rings. The number of hydrogen-bond acceptors (Lipinski definition) is 8. The zero-order valence-electron chi connectivity index (χ0n) is 18.5. The summed E-state index contributed by atoms with van der Waals surface area (Å²) in [7, 11) is 0. The molecule has 0 aliphatic carbocycles. The second-order valence-electron chi connectivity index (χ2n) is 6.93. The Morgan fingerprint density at radius 3 is 2.52 bits per heavy atom. The SMILES string of the molecule is C=CCc1cccc2cc(C(=O)Nc3sc(C(=O)OCC)c(C)c3C(=O)OCC)c(=O)oc12. The molecule has 1 N–H and O–H groups in total. The summed E-state index contributed by atoms with van der Waals surface area (Å²) in [4.78, 5) is 50.6. The van der Waals surface area contributed by atoms with Crippen molar-refractivity contribution in [3.63, 3.8) is 0 Å². The molecule has 0 atom stereocenters. The smallest absolute Gasteiger partial charge is 0.349 e. The van der Waals surface area contributed by atoms with Crippen LogP contribution in [0.3, 0.4) is 0 Å². The lowest BCUT2D eigenvalue weighted by molar-refractivity contribution is 0.0527. The van der Waals surface area contributed by atoms with Crippen LogP contribution in [-0.2, 0) is 15.9 Å². The van der Waals surface area contributed by atoms with E-state index in [-0.39, 0.29) is 34.2 Å². The van der Waals surface area contributed by atoms with Crippen molar-refractivity contribution in [2.24, 2.45) is 0 Å². The van der Waals surface area contributed by atoms with E-state index in [4.69, 9.17) is 13.9 Å². The molecule has 2 heterocycles. The Labute approximate surface area is 193 Å². The topological polar surface area (TPSA) is 112 Å². The second kappa shape index (κ2) is 10.3. The van der Waals surface area contributed by atoms with Gasteiger partial charge < -0.3 is 19.2 Å². The first-order valence-electron chi connectivity index (χ1n) is 10.3. The lowest BCUT2D eigenvalue weighted by Crippen LogP contribution is -2.21. The molecule has 3 aromatic rings. The Morgan fingerprint density at radius 1 is 1.15 bits per heavy atom.